The molecule has 0 spiro atoms. The third kappa shape index (κ3) is 4.95. The van der Waals surface area contributed by atoms with Gasteiger partial charge < -0.3 is 4.42 Å². The normalized spacial score (nSPS) is 16.7. The monoisotopic (exact) mass is 546 g/mol. The van der Waals surface area contributed by atoms with E-state index in [9.17, 15) is 18.0 Å². The zero-order valence-corrected chi connectivity index (χ0v) is 21.4. The van der Waals surface area contributed by atoms with Gasteiger partial charge in [0, 0.05) is 16.5 Å². The lowest BCUT2D eigenvalue weighted by Gasteiger charge is -2.32. The molecule has 0 aliphatic carbocycles. The Morgan fingerprint density at radius 3 is 2.59 bits per heavy atom. The molecule has 2 aliphatic rings. The van der Waals surface area contributed by atoms with Gasteiger partial charge in [0.05, 0.1) is 10.9 Å². The number of amides is 1. The molecule has 10 heteroatoms. The number of nitrogens with one attached hydrogen (secondary N) is 1. The first kappa shape index (κ1) is 25.0. The summed E-state index contributed by atoms with van der Waals surface area (Å²) in [4.78, 5) is 18.1. The number of halogens is 3. The van der Waals surface area contributed by atoms with E-state index in [1.807, 2.05) is 43.3 Å². The molecule has 1 amide bonds. The van der Waals surface area contributed by atoms with Gasteiger partial charge in [0.25, 0.3) is 5.91 Å². The van der Waals surface area contributed by atoms with Crippen molar-refractivity contribution in [3.8, 4) is 11.3 Å². The molecular formula is C29H21F3N4O2S. The quantitative estimate of drug-likeness (QED) is 0.375. The summed E-state index contributed by atoms with van der Waals surface area (Å²) in [5.74, 6) is 0.872. The van der Waals surface area contributed by atoms with Crippen LogP contribution in [0.2, 0.25) is 0 Å². The topological polar surface area (TPSA) is 70.2 Å². The lowest BCUT2D eigenvalue weighted by molar-refractivity contribution is -0.137. The van der Waals surface area contributed by atoms with Crippen LogP contribution in [0, 0.1) is 6.92 Å². The van der Waals surface area contributed by atoms with Crippen molar-refractivity contribution in [1.29, 1.82) is 0 Å². The first-order valence-corrected chi connectivity index (χ1v) is 13.1. The number of alkyl halides is 3. The summed E-state index contributed by atoms with van der Waals surface area (Å²) in [7, 11) is 0. The van der Waals surface area contributed by atoms with E-state index >= 15 is 0 Å². The Bertz CT molecular complexity index is 1730. The van der Waals surface area contributed by atoms with E-state index in [0.717, 1.165) is 23.3 Å². The van der Waals surface area contributed by atoms with Crippen LogP contribution in [0.3, 0.4) is 0 Å². The summed E-state index contributed by atoms with van der Waals surface area (Å²) >= 11 is 1.38. The summed E-state index contributed by atoms with van der Waals surface area (Å²) in [6.45, 7) is 2.02. The minimum absolute atomic E-state index is 0.256. The zero-order valence-electron chi connectivity index (χ0n) is 20.6. The van der Waals surface area contributed by atoms with Crippen LogP contribution in [0.15, 0.2) is 99.4 Å². The zero-order chi connectivity index (χ0) is 27.1. The van der Waals surface area contributed by atoms with Crippen molar-refractivity contribution in [1.82, 2.24) is 10.3 Å². The molecule has 6 rings (SSSR count). The fourth-order valence-electron chi connectivity index (χ4n) is 4.41. The maximum Gasteiger partial charge on any atom is 0.416 e. The number of hydrazone groups is 1. The first-order valence-electron chi connectivity index (χ1n) is 12.1. The van der Waals surface area contributed by atoms with Gasteiger partial charge in [-0.3, -0.25) is 10.1 Å². The molecule has 0 fully saturated rings. The fraction of sp³-hybridized carbons (Fsp3) is 0.138. The van der Waals surface area contributed by atoms with Crippen LogP contribution in [-0.4, -0.2) is 16.1 Å². The smallest absolute Gasteiger partial charge is 0.416 e. The number of para-hydroxylation sites is 1. The number of carbonyl (C=O) groups is 1. The molecule has 39 heavy (non-hydrogen) atoms. The van der Waals surface area contributed by atoms with Gasteiger partial charge in [-0.05, 0) is 42.8 Å². The summed E-state index contributed by atoms with van der Waals surface area (Å²) in [5.41, 5.74) is 2.08. The highest BCUT2D eigenvalue weighted by atomic mass is 32.2. The van der Waals surface area contributed by atoms with Crippen LogP contribution in [0.1, 0.15) is 28.6 Å². The minimum atomic E-state index is -4.47. The van der Waals surface area contributed by atoms with Crippen LogP contribution in [0.25, 0.3) is 17.0 Å². The van der Waals surface area contributed by atoms with Crippen LogP contribution in [-0.2, 0) is 16.7 Å². The molecule has 2 aliphatic heterocycles. The van der Waals surface area contributed by atoms with Crippen molar-refractivity contribution in [2.75, 3.05) is 0 Å². The van der Waals surface area contributed by atoms with Gasteiger partial charge in [-0.15, -0.1) is 5.10 Å². The Hall–Kier alpha value is -4.31. The molecule has 1 unspecified atom stereocenters. The van der Waals surface area contributed by atoms with Gasteiger partial charge in [0.1, 0.15) is 11.5 Å². The number of thioether (sulfide) groups is 1. The summed E-state index contributed by atoms with van der Waals surface area (Å²) < 4.78 is 45.8. The highest BCUT2D eigenvalue weighted by Crippen LogP contribution is 2.36. The molecule has 1 N–H and O–H groups in total. The molecular weight excluding hydrogens is 525 g/mol. The van der Waals surface area contributed by atoms with Crippen molar-refractivity contribution in [2.24, 2.45) is 10.1 Å². The van der Waals surface area contributed by atoms with E-state index < -0.39 is 17.9 Å². The number of aryl methyl sites for hydroxylation is 1. The largest absolute Gasteiger partial charge is 0.457 e. The van der Waals surface area contributed by atoms with Gasteiger partial charge >= 0.3 is 6.18 Å². The number of amidine groups is 1. The number of furan rings is 1. The van der Waals surface area contributed by atoms with Crippen LogP contribution < -0.4 is 15.9 Å². The number of fused-ring (bicyclic) bond motifs is 2. The molecule has 4 aromatic rings. The van der Waals surface area contributed by atoms with Gasteiger partial charge in [-0.1, -0.05) is 71.9 Å². The predicted molar refractivity (Wildman–Crippen MR) is 142 cm³/mol. The molecule has 0 saturated carbocycles. The van der Waals surface area contributed by atoms with Crippen LogP contribution in [0.5, 0.6) is 0 Å². The van der Waals surface area contributed by atoms with E-state index in [2.05, 4.69) is 5.32 Å². The summed E-state index contributed by atoms with van der Waals surface area (Å²) in [6, 6.07) is 23.5. The predicted octanol–water partition coefficient (Wildman–Crippen LogP) is 5.35. The van der Waals surface area contributed by atoms with Crippen molar-refractivity contribution in [3.05, 3.63) is 118 Å². The van der Waals surface area contributed by atoms with Gasteiger partial charge in [-0.2, -0.15) is 13.2 Å². The standard InChI is InChI=1S/C29H21F3N4O2S/c1-17-9-11-18(12-10-17)16-39-28-34-27(37)25-21-7-2-3-8-22(21)33-26(36(25)35-28)24-14-13-23(38-24)19-5-4-6-20(15-19)29(30,31)32/h2-15,26H,16H2,1H3,(H,34,35,37). The second-order valence-corrected chi connectivity index (χ2v) is 10.1. The molecule has 196 valence electrons. The van der Waals surface area contributed by atoms with Crippen molar-refractivity contribution in [3.63, 3.8) is 0 Å². The molecule has 3 heterocycles. The Labute approximate surface area is 225 Å². The molecule has 1 atom stereocenters. The average Bonchev–Trinajstić information content (AvgIpc) is 3.42. The minimum Gasteiger partial charge on any atom is -0.457 e. The van der Waals surface area contributed by atoms with Gasteiger partial charge in [-0.25, -0.2) is 10.0 Å². The number of hydrogen-bond donors (Lipinski definition) is 1. The number of hydrogen-bond acceptors (Lipinski definition) is 6. The first-order chi connectivity index (χ1) is 18.8. The number of benzene rings is 3. The summed E-state index contributed by atoms with van der Waals surface area (Å²) in [5, 5.41) is 10.7. The Morgan fingerprint density at radius 1 is 1.00 bits per heavy atom. The molecule has 0 saturated heterocycles. The third-order valence-corrected chi connectivity index (χ3v) is 7.30. The Balaban J connectivity index is 1.37. The van der Waals surface area contributed by atoms with Crippen molar-refractivity contribution < 1.29 is 22.4 Å². The molecule has 1 aromatic heterocycles. The lowest BCUT2D eigenvalue weighted by atomic mass is 10.1. The lowest BCUT2D eigenvalue weighted by Crippen LogP contribution is -2.50. The molecule has 0 bridgehead atoms. The van der Waals surface area contributed by atoms with Gasteiger partial charge in [0.2, 0.25) is 6.17 Å². The fourth-order valence-corrected chi connectivity index (χ4v) is 5.22. The van der Waals surface area contributed by atoms with Crippen molar-refractivity contribution >= 4 is 28.5 Å². The van der Waals surface area contributed by atoms with E-state index in [0.29, 0.717) is 33.0 Å². The average molecular weight is 547 g/mol. The highest BCUT2D eigenvalue weighted by Gasteiger charge is 2.36. The van der Waals surface area contributed by atoms with E-state index in [1.165, 1.54) is 22.8 Å². The molecule has 0 radical (unpaired) electrons. The Morgan fingerprint density at radius 2 is 1.79 bits per heavy atom. The van der Waals surface area contributed by atoms with Crippen molar-refractivity contribution in [2.45, 2.75) is 25.0 Å². The Kier molecular flexibility index (Phi) is 6.26. The van der Waals surface area contributed by atoms with E-state index in [1.54, 1.807) is 30.3 Å². The van der Waals surface area contributed by atoms with Crippen LogP contribution in [0.4, 0.5) is 13.2 Å². The number of rotatable bonds is 4. The molecule has 3 aromatic carbocycles. The number of carbonyl (C=O) groups excluding carboxylic acids is 1. The van der Waals surface area contributed by atoms with Gasteiger partial charge in [0.15, 0.2) is 10.9 Å². The van der Waals surface area contributed by atoms with E-state index in [4.69, 9.17) is 14.5 Å². The molecule has 6 nitrogen and oxygen atoms in total. The maximum atomic E-state index is 13.3. The SMILES string of the molecule is Cc1ccc(CSC2=NN3C(=c4ccccc4=NC3c3ccc(-c4cccc(C(F)(F)F)c4)o3)C(=O)N2)cc1. The van der Waals surface area contributed by atoms with Crippen LogP contribution >= 0.6 is 11.8 Å². The number of nitrogens with zero attached hydrogens (tertiary/aromatic N) is 3. The summed E-state index contributed by atoms with van der Waals surface area (Å²) in [6.07, 6.45) is -5.30. The second-order valence-electron chi connectivity index (χ2n) is 9.13. The van der Waals surface area contributed by atoms with E-state index in [-0.39, 0.29) is 17.2 Å². The highest BCUT2D eigenvalue weighted by molar-refractivity contribution is 8.13. The maximum absolute atomic E-state index is 13.3. The third-order valence-electron chi connectivity index (χ3n) is 6.37. The second kappa shape index (κ2) is 9.77.